The first kappa shape index (κ1) is 28.2. The van der Waals surface area contributed by atoms with Crippen molar-refractivity contribution in [1.82, 2.24) is 10.2 Å². The van der Waals surface area contributed by atoms with E-state index in [1.165, 1.54) is 29.2 Å². The molecular weight excluding hydrogens is 497 g/mol. The molecule has 8 nitrogen and oxygen atoms in total. The molecular formula is C21H27F3N2O6S2. The van der Waals surface area contributed by atoms with Gasteiger partial charge in [-0.25, -0.2) is 0 Å². The second kappa shape index (κ2) is 10.7. The van der Waals surface area contributed by atoms with Crippen molar-refractivity contribution < 1.29 is 39.1 Å². The largest absolute Gasteiger partial charge is 0.401 e. The van der Waals surface area contributed by atoms with Crippen LogP contribution in [0.25, 0.3) is 0 Å². The van der Waals surface area contributed by atoms with E-state index in [4.69, 9.17) is 9.11 Å². The van der Waals surface area contributed by atoms with Crippen molar-refractivity contribution in [3.63, 3.8) is 0 Å². The second-order valence-electron chi connectivity index (χ2n) is 8.44. The zero-order chi connectivity index (χ0) is 25.8. The summed E-state index contributed by atoms with van der Waals surface area (Å²) in [4.78, 5) is 1.33. The Morgan fingerprint density at radius 2 is 1.18 bits per heavy atom. The molecule has 13 heteroatoms. The molecule has 0 radical (unpaired) electrons. The number of likely N-dealkylation sites (tertiary alicyclic amines) is 1. The highest BCUT2D eigenvalue weighted by atomic mass is 32.2. The van der Waals surface area contributed by atoms with E-state index >= 15 is 0 Å². The molecule has 0 amide bonds. The fraction of sp³-hybridized carbons (Fsp3) is 0.429. The Hall–Kier alpha value is -2.03. The number of rotatable bonds is 3. The maximum atomic E-state index is 11.8. The molecule has 1 spiro atoms. The number of hydrogen-bond donors (Lipinski definition) is 3. The molecule has 190 valence electrons. The van der Waals surface area contributed by atoms with Crippen LogP contribution < -0.4 is 5.32 Å². The molecule has 0 aromatic heterocycles. The van der Waals surface area contributed by atoms with Crippen LogP contribution in [0.15, 0.2) is 58.3 Å². The number of alkyl halides is 3. The summed E-state index contributed by atoms with van der Waals surface area (Å²) in [6, 6.07) is 12.0. The van der Waals surface area contributed by atoms with Crippen molar-refractivity contribution >= 4 is 20.2 Å². The molecule has 0 unspecified atom stereocenters. The van der Waals surface area contributed by atoms with Crippen LogP contribution in [0.4, 0.5) is 13.2 Å². The van der Waals surface area contributed by atoms with Crippen molar-refractivity contribution in [3.05, 3.63) is 59.7 Å². The third-order valence-corrected chi connectivity index (χ3v) is 6.89. The first-order valence-corrected chi connectivity index (χ1v) is 13.0. The highest BCUT2D eigenvalue weighted by Crippen LogP contribution is 2.35. The molecule has 4 rings (SSSR count). The van der Waals surface area contributed by atoms with E-state index in [1.807, 2.05) is 13.8 Å². The van der Waals surface area contributed by atoms with Crippen LogP contribution in [0.1, 0.15) is 11.1 Å². The number of aryl methyl sites for hydroxylation is 2. The van der Waals surface area contributed by atoms with E-state index in [0.29, 0.717) is 13.1 Å². The summed E-state index contributed by atoms with van der Waals surface area (Å²) in [7, 11) is -8.04. The van der Waals surface area contributed by atoms with E-state index in [2.05, 4.69) is 5.32 Å². The fourth-order valence-corrected chi connectivity index (χ4v) is 4.35. The Kier molecular flexibility index (Phi) is 8.88. The summed E-state index contributed by atoms with van der Waals surface area (Å²) < 4.78 is 94.6. The van der Waals surface area contributed by atoms with Gasteiger partial charge in [-0.2, -0.15) is 30.0 Å². The van der Waals surface area contributed by atoms with Gasteiger partial charge in [0.1, 0.15) is 0 Å². The maximum Gasteiger partial charge on any atom is 0.401 e. The van der Waals surface area contributed by atoms with Gasteiger partial charge in [0, 0.05) is 31.6 Å². The van der Waals surface area contributed by atoms with Crippen molar-refractivity contribution in [2.75, 3.05) is 32.7 Å². The van der Waals surface area contributed by atoms with E-state index in [-0.39, 0.29) is 15.2 Å². The zero-order valence-electron chi connectivity index (χ0n) is 18.6. The smallest absolute Gasteiger partial charge is 0.315 e. The van der Waals surface area contributed by atoms with E-state index < -0.39 is 33.0 Å². The van der Waals surface area contributed by atoms with Gasteiger partial charge in [-0.1, -0.05) is 35.4 Å². The minimum Gasteiger partial charge on any atom is -0.315 e. The Morgan fingerprint density at radius 3 is 1.41 bits per heavy atom. The van der Waals surface area contributed by atoms with Crippen LogP contribution >= 0.6 is 0 Å². The molecule has 34 heavy (non-hydrogen) atoms. The lowest BCUT2D eigenvalue weighted by molar-refractivity contribution is -0.174. The van der Waals surface area contributed by atoms with Gasteiger partial charge in [0.15, 0.2) is 0 Å². The lowest BCUT2D eigenvalue weighted by Gasteiger charge is -2.56. The maximum absolute atomic E-state index is 11.8. The predicted octanol–water partition coefficient (Wildman–Crippen LogP) is 2.94. The van der Waals surface area contributed by atoms with Crippen LogP contribution in [-0.4, -0.2) is 69.7 Å². The summed E-state index contributed by atoms with van der Waals surface area (Å²) in [5.74, 6) is 0. The van der Waals surface area contributed by atoms with E-state index in [1.54, 1.807) is 24.3 Å². The Labute approximate surface area is 197 Å². The van der Waals surface area contributed by atoms with Gasteiger partial charge in [0.25, 0.3) is 20.2 Å². The number of nitrogens with zero attached hydrogens (tertiary/aromatic N) is 1. The SMILES string of the molecule is Cc1ccc(S(=O)(=O)O)cc1.Cc1ccc(S(=O)(=O)O)cc1.FC(F)(F)CN1CC2(CNC2)C1. The van der Waals surface area contributed by atoms with Gasteiger partial charge in [-0.3, -0.25) is 14.0 Å². The lowest BCUT2D eigenvalue weighted by Crippen LogP contribution is -2.71. The van der Waals surface area contributed by atoms with Crippen LogP contribution in [-0.2, 0) is 20.2 Å². The molecule has 2 aromatic carbocycles. The summed E-state index contributed by atoms with van der Waals surface area (Å²) in [5, 5.41) is 3.08. The quantitative estimate of drug-likeness (QED) is 0.524. The number of benzene rings is 2. The van der Waals surface area contributed by atoms with Crippen LogP contribution in [0, 0.1) is 19.3 Å². The first-order valence-electron chi connectivity index (χ1n) is 10.1. The van der Waals surface area contributed by atoms with E-state index in [0.717, 1.165) is 24.2 Å². The molecule has 2 heterocycles. The normalized spacial score (nSPS) is 17.4. The first-order chi connectivity index (χ1) is 15.5. The Bertz CT molecular complexity index is 1080. The molecule has 0 bridgehead atoms. The Morgan fingerprint density at radius 1 is 0.824 bits per heavy atom. The highest BCUT2D eigenvalue weighted by Gasteiger charge is 2.49. The number of halogens is 3. The summed E-state index contributed by atoms with van der Waals surface area (Å²) >= 11 is 0. The topological polar surface area (TPSA) is 124 Å². The summed E-state index contributed by atoms with van der Waals surface area (Å²) in [6.45, 7) is 5.94. The molecule has 0 atom stereocenters. The minimum absolute atomic E-state index is 0.0666. The zero-order valence-corrected chi connectivity index (χ0v) is 20.2. The van der Waals surface area contributed by atoms with E-state index in [9.17, 15) is 30.0 Å². The van der Waals surface area contributed by atoms with Gasteiger partial charge < -0.3 is 5.32 Å². The van der Waals surface area contributed by atoms with Crippen LogP contribution in [0.2, 0.25) is 0 Å². The van der Waals surface area contributed by atoms with Gasteiger partial charge in [0.2, 0.25) is 0 Å². The average Bonchev–Trinajstić information content (AvgIpc) is 2.62. The van der Waals surface area contributed by atoms with Gasteiger partial charge in [-0.15, -0.1) is 0 Å². The predicted molar refractivity (Wildman–Crippen MR) is 120 cm³/mol. The molecule has 2 saturated heterocycles. The van der Waals surface area contributed by atoms with Gasteiger partial charge >= 0.3 is 6.18 Å². The lowest BCUT2D eigenvalue weighted by atomic mass is 9.74. The molecule has 2 aliphatic rings. The average molecular weight is 525 g/mol. The van der Waals surface area contributed by atoms with Crippen molar-refractivity contribution in [1.29, 1.82) is 0 Å². The standard InChI is InChI=1S/C7H11F3N2.2C7H8O3S/c8-7(9,10)5-12-3-6(4-12)1-11-2-6;2*1-6-2-4-7(5-3-6)11(8,9)10/h11H,1-5H2;2*2-5H,1H3,(H,8,9,10). The number of hydrogen-bond acceptors (Lipinski definition) is 6. The van der Waals surface area contributed by atoms with Gasteiger partial charge in [0.05, 0.1) is 16.3 Å². The highest BCUT2D eigenvalue weighted by molar-refractivity contribution is 7.86. The Balaban J connectivity index is 0.000000181. The third-order valence-electron chi connectivity index (χ3n) is 5.16. The molecule has 2 aliphatic heterocycles. The monoisotopic (exact) mass is 524 g/mol. The second-order valence-corrected chi connectivity index (χ2v) is 11.3. The molecule has 3 N–H and O–H groups in total. The van der Waals surface area contributed by atoms with Crippen molar-refractivity contribution in [3.8, 4) is 0 Å². The molecule has 2 aromatic rings. The summed E-state index contributed by atoms with van der Waals surface area (Å²) in [6.07, 6.45) is -4.03. The van der Waals surface area contributed by atoms with Crippen molar-refractivity contribution in [2.24, 2.45) is 5.41 Å². The van der Waals surface area contributed by atoms with Crippen LogP contribution in [0.3, 0.4) is 0 Å². The van der Waals surface area contributed by atoms with Crippen LogP contribution in [0.5, 0.6) is 0 Å². The number of nitrogens with one attached hydrogen (secondary N) is 1. The fourth-order valence-electron chi connectivity index (χ4n) is 3.39. The third kappa shape index (κ3) is 8.96. The minimum atomic E-state index is -4.03. The molecule has 0 saturated carbocycles. The summed E-state index contributed by atoms with van der Waals surface area (Å²) in [5.41, 5.74) is 2.11. The van der Waals surface area contributed by atoms with Gasteiger partial charge in [-0.05, 0) is 38.1 Å². The molecule has 0 aliphatic carbocycles. The molecule has 2 fully saturated rings. The van der Waals surface area contributed by atoms with Crippen molar-refractivity contribution in [2.45, 2.75) is 29.8 Å².